The first-order valence-electron chi connectivity index (χ1n) is 6.53. The van der Waals surface area contributed by atoms with Crippen LogP contribution in [0.25, 0.3) is 0 Å². The number of aliphatic hydroxyl groups is 3. The van der Waals surface area contributed by atoms with Crippen molar-refractivity contribution in [2.75, 3.05) is 25.7 Å². The molecule has 1 aliphatic heterocycles. The molecule has 4 atom stereocenters. The van der Waals surface area contributed by atoms with Gasteiger partial charge in [-0.2, -0.15) is 0 Å². The molecule has 2 rings (SSSR count). The number of ether oxygens (including phenoxy) is 2. The van der Waals surface area contributed by atoms with Crippen LogP contribution < -0.4 is 9.64 Å². The van der Waals surface area contributed by atoms with Crippen LogP contribution in [-0.4, -0.2) is 66.4 Å². The van der Waals surface area contributed by atoms with Gasteiger partial charge in [0, 0.05) is 18.8 Å². The van der Waals surface area contributed by atoms with Crippen molar-refractivity contribution < 1.29 is 29.6 Å². The highest BCUT2D eigenvalue weighted by Crippen LogP contribution is 2.26. The molecule has 7 heteroatoms. The van der Waals surface area contributed by atoms with E-state index in [1.54, 1.807) is 24.3 Å². The molecule has 0 aliphatic carbocycles. The number of rotatable bonds is 4. The first-order valence-corrected chi connectivity index (χ1v) is 6.53. The summed E-state index contributed by atoms with van der Waals surface area (Å²) < 4.78 is 10.3. The number of hydrogen-bond donors (Lipinski definition) is 3. The molecule has 0 radical (unpaired) electrons. The van der Waals surface area contributed by atoms with Gasteiger partial charge in [-0.25, -0.2) is 0 Å². The van der Waals surface area contributed by atoms with Gasteiger partial charge in [0.15, 0.2) is 6.10 Å². The Bertz CT molecular complexity index is 508. The topological polar surface area (TPSA) is 99.5 Å². The Morgan fingerprint density at radius 3 is 2.67 bits per heavy atom. The summed E-state index contributed by atoms with van der Waals surface area (Å²) in [5.74, 6) is 0.0825. The summed E-state index contributed by atoms with van der Waals surface area (Å²) in [5, 5.41) is 28.6. The van der Waals surface area contributed by atoms with E-state index in [2.05, 4.69) is 0 Å². The second-order valence-electron chi connectivity index (χ2n) is 4.86. The van der Waals surface area contributed by atoms with Crippen LogP contribution >= 0.6 is 0 Å². The van der Waals surface area contributed by atoms with Gasteiger partial charge in [0.2, 0.25) is 0 Å². The average Bonchev–Trinajstić information content (AvgIpc) is 2.81. The Kier molecular flexibility index (Phi) is 4.79. The fourth-order valence-corrected chi connectivity index (χ4v) is 2.24. The number of carbonyl (C=O) groups excluding carboxylic acids is 1. The van der Waals surface area contributed by atoms with Crippen molar-refractivity contribution >= 4 is 11.6 Å². The quantitative estimate of drug-likeness (QED) is 0.669. The van der Waals surface area contributed by atoms with Crippen LogP contribution in [0.4, 0.5) is 5.69 Å². The van der Waals surface area contributed by atoms with Gasteiger partial charge in [0.05, 0.1) is 13.7 Å². The zero-order chi connectivity index (χ0) is 15.6. The van der Waals surface area contributed by atoms with E-state index in [1.807, 2.05) is 0 Å². The van der Waals surface area contributed by atoms with E-state index in [4.69, 9.17) is 14.6 Å². The number of anilines is 1. The van der Waals surface area contributed by atoms with Gasteiger partial charge in [0.1, 0.15) is 24.1 Å². The Morgan fingerprint density at radius 1 is 1.38 bits per heavy atom. The molecule has 1 amide bonds. The maximum atomic E-state index is 12.4. The van der Waals surface area contributed by atoms with Gasteiger partial charge in [0.25, 0.3) is 5.91 Å². The summed E-state index contributed by atoms with van der Waals surface area (Å²) in [6.45, 7) is -0.467. The minimum absolute atomic E-state index is 0.467. The number of nitrogens with zero attached hydrogens (tertiary/aromatic N) is 1. The predicted octanol–water partition coefficient (Wildman–Crippen LogP) is -0.861. The fraction of sp³-hybridized carbons (Fsp3) is 0.500. The Labute approximate surface area is 122 Å². The molecule has 1 aromatic carbocycles. The van der Waals surface area contributed by atoms with E-state index in [0.29, 0.717) is 11.4 Å². The molecular weight excluding hydrogens is 278 g/mol. The normalized spacial score (nSPS) is 28.4. The van der Waals surface area contributed by atoms with Crippen molar-refractivity contribution in [3.8, 4) is 5.75 Å². The molecule has 0 unspecified atom stereocenters. The summed E-state index contributed by atoms with van der Waals surface area (Å²) in [6, 6.07) is 6.85. The minimum Gasteiger partial charge on any atom is -0.497 e. The van der Waals surface area contributed by atoms with Crippen LogP contribution in [0.2, 0.25) is 0 Å². The third-order valence-corrected chi connectivity index (χ3v) is 3.56. The molecule has 0 aromatic heterocycles. The molecule has 0 spiro atoms. The lowest BCUT2D eigenvalue weighted by Crippen LogP contribution is -2.43. The molecule has 1 aliphatic rings. The Balaban J connectivity index is 2.15. The molecular formula is C14H19NO6. The summed E-state index contributed by atoms with van der Waals surface area (Å²) in [4.78, 5) is 13.7. The van der Waals surface area contributed by atoms with Crippen molar-refractivity contribution in [3.05, 3.63) is 24.3 Å². The highest BCUT2D eigenvalue weighted by molar-refractivity contribution is 5.97. The number of hydrogen-bond acceptors (Lipinski definition) is 6. The van der Waals surface area contributed by atoms with E-state index in [0.717, 1.165) is 0 Å². The molecule has 1 fully saturated rings. The van der Waals surface area contributed by atoms with E-state index < -0.39 is 36.9 Å². The lowest BCUT2D eigenvalue weighted by Gasteiger charge is -2.23. The zero-order valence-corrected chi connectivity index (χ0v) is 11.8. The summed E-state index contributed by atoms with van der Waals surface area (Å²) in [6.07, 6.45) is -4.84. The number of methoxy groups -OCH3 is 1. The molecule has 7 nitrogen and oxygen atoms in total. The molecule has 1 saturated heterocycles. The molecule has 116 valence electrons. The van der Waals surface area contributed by atoms with Gasteiger partial charge in [-0.1, -0.05) is 6.07 Å². The SMILES string of the molecule is COc1cccc(N(C)C(=O)[C@@H]2O[C@H](CO)[C@@H](O)[C@H]2O)c1. The average molecular weight is 297 g/mol. The Morgan fingerprint density at radius 2 is 2.10 bits per heavy atom. The number of carbonyl (C=O) groups is 1. The standard InChI is InChI=1S/C14H19NO6/c1-15(8-4-3-5-9(6-8)20-2)14(19)13-12(18)11(17)10(7-16)21-13/h3-6,10-13,16-18H,7H2,1-2H3/t10-,11-,12-,13-/m1/s1. The fourth-order valence-electron chi connectivity index (χ4n) is 2.24. The minimum atomic E-state index is -1.37. The van der Waals surface area contributed by atoms with Gasteiger partial charge in [-0.15, -0.1) is 0 Å². The third-order valence-electron chi connectivity index (χ3n) is 3.56. The molecule has 0 saturated carbocycles. The first kappa shape index (κ1) is 15.7. The molecule has 21 heavy (non-hydrogen) atoms. The number of amides is 1. The summed E-state index contributed by atoms with van der Waals surface area (Å²) in [7, 11) is 3.05. The van der Waals surface area contributed by atoms with Crippen LogP contribution in [0.15, 0.2) is 24.3 Å². The van der Waals surface area contributed by atoms with Crippen molar-refractivity contribution in [1.82, 2.24) is 0 Å². The van der Waals surface area contributed by atoms with Crippen LogP contribution in [0.5, 0.6) is 5.75 Å². The zero-order valence-electron chi connectivity index (χ0n) is 11.8. The Hall–Kier alpha value is -1.67. The van der Waals surface area contributed by atoms with E-state index in [9.17, 15) is 15.0 Å². The molecule has 1 heterocycles. The number of likely N-dealkylation sites (N-methyl/N-ethyl adjacent to an activating group) is 1. The van der Waals surface area contributed by atoms with Crippen LogP contribution in [0, 0.1) is 0 Å². The van der Waals surface area contributed by atoms with Crippen LogP contribution in [0.1, 0.15) is 0 Å². The number of benzene rings is 1. The van der Waals surface area contributed by atoms with Crippen LogP contribution in [-0.2, 0) is 9.53 Å². The monoisotopic (exact) mass is 297 g/mol. The number of aliphatic hydroxyl groups excluding tert-OH is 3. The first-order chi connectivity index (χ1) is 9.99. The highest BCUT2D eigenvalue weighted by atomic mass is 16.6. The molecule has 3 N–H and O–H groups in total. The maximum Gasteiger partial charge on any atom is 0.258 e. The van der Waals surface area contributed by atoms with Gasteiger partial charge in [-0.05, 0) is 12.1 Å². The lowest BCUT2D eigenvalue weighted by atomic mass is 10.1. The van der Waals surface area contributed by atoms with Crippen LogP contribution in [0.3, 0.4) is 0 Å². The molecule has 1 aromatic rings. The lowest BCUT2D eigenvalue weighted by molar-refractivity contribution is -0.133. The van der Waals surface area contributed by atoms with Crippen molar-refractivity contribution in [1.29, 1.82) is 0 Å². The van der Waals surface area contributed by atoms with E-state index in [1.165, 1.54) is 19.1 Å². The van der Waals surface area contributed by atoms with Gasteiger partial charge in [-0.3, -0.25) is 4.79 Å². The van der Waals surface area contributed by atoms with E-state index >= 15 is 0 Å². The highest BCUT2D eigenvalue weighted by Gasteiger charge is 2.47. The third kappa shape index (κ3) is 3.01. The van der Waals surface area contributed by atoms with Gasteiger partial charge < -0.3 is 29.7 Å². The summed E-state index contributed by atoms with van der Waals surface area (Å²) in [5.41, 5.74) is 0.567. The predicted molar refractivity (Wildman–Crippen MR) is 74.2 cm³/mol. The van der Waals surface area contributed by atoms with Crippen molar-refractivity contribution in [3.63, 3.8) is 0 Å². The second-order valence-corrected chi connectivity index (χ2v) is 4.86. The largest absolute Gasteiger partial charge is 0.497 e. The maximum absolute atomic E-state index is 12.4. The second kappa shape index (κ2) is 6.40. The summed E-state index contributed by atoms with van der Waals surface area (Å²) >= 11 is 0. The van der Waals surface area contributed by atoms with Crippen molar-refractivity contribution in [2.45, 2.75) is 24.4 Å². The van der Waals surface area contributed by atoms with Gasteiger partial charge >= 0.3 is 0 Å². The van der Waals surface area contributed by atoms with Crippen molar-refractivity contribution in [2.24, 2.45) is 0 Å². The molecule has 0 bridgehead atoms. The van der Waals surface area contributed by atoms with E-state index in [-0.39, 0.29) is 0 Å². The smallest absolute Gasteiger partial charge is 0.258 e.